The number of hydrogen-bond donors (Lipinski definition) is 1. The van der Waals surface area contributed by atoms with Gasteiger partial charge in [-0.1, -0.05) is 11.2 Å². The van der Waals surface area contributed by atoms with Crippen molar-refractivity contribution in [3.05, 3.63) is 46.9 Å². The molecule has 0 unspecified atom stereocenters. The first-order chi connectivity index (χ1) is 8.50. The largest absolute Gasteiger partial charge is 0.361 e. The van der Waals surface area contributed by atoms with E-state index in [1.54, 1.807) is 13.8 Å². The Balaban J connectivity index is 2.30. The fraction of sp³-hybridized carbons (Fsp3) is 0.167. The predicted octanol–water partition coefficient (Wildman–Crippen LogP) is 2.82. The van der Waals surface area contributed by atoms with Crippen LogP contribution in [0.4, 0.5) is 14.5 Å². The standard InChI is InChI=1S/C12H10F2N2O2/c1-6-7(2)18-16-10(6)12(17)15-11-8(13)4-3-5-9(11)14/h3-5H,1-2H3,(H,15,17). The molecular weight excluding hydrogens is 242 g/mol. The molecule has 1 aromatic heterocycles. The lowest BCUT2D eigenvalue weighted by Gasteiger charge is -2.05. The van der Waals surface area contributed by atoms with Crippen LogP contribution in [0.2, 0.25) is 0 Å². The number of rotatable bonds is 2. The van der Waals surface area contributed by atoms with E-state index in [0.717, 1.165) is 12.1 Å². The third-order valence-electron chi connectivity index (χ3n) is 2.57. The number of aryl methyl sites for hydroxylation is 1. The van der Waals surface area contributed by atoms with Crippen LogP contribution in [0, 0.1) is 25.5 Å². The first kappa shape index (κ1) is 12.2. The highest BCUT2D eigenvalue weighted by Gasteiger charge is 2.19. The molecule has 0 fully saturated rings. The first-order valence-corrected chi connectivity index (χ1v) is 5.19. The van der Waals surface area contributed by atoms with E-state index in [-0.39, 0.29) is 5.69 Å². The summed E-state index contributed by atoms with van der Waals surface area (Å²) in [5, 5.41) is 5.68. The lowest BCUT2D eigenvalue weighted by Crippen LogP contribution is -2.15. The third kappa shape index (κ3) is 2.09. The average molecular weight is 252 g/mol. The monoisotopic (exact) mass is 252 g/mol. The molecule has 2 rings (SSSR count). The fourth-order valence-corrected chi connectivity index (χ4v) is 1.42. The number of nitrogens with one attached hydrogen (secondary N) is 1. The Labute approximate surface area is 102 Å². The van der Waals surface area contributed by atoms with E-state index in [1.807, 2.05) is 0 Å². The second kappa shape index (κ2) is 4.56. The van der Waals surface area contributed by atoms with Gasteiger partial charge >= 0.3 is 0 Å². The van der Waals surface area contributed by atoms with Gasteiger partial charge in [0.2, 0.25) is 0 Å². The molecular formula is C12H10F2N2O2. The maximum atomic E-state index is 13.3. The molecule has 0 saturated heterocycles. The molecule has 0 radical (unpaired) electrons. The smallest absolute Gasteiger partial charge is 0.278 e. The lowest BCUT2D eigenvalue weighted by atomic mass is 10.2. The van der Waals surface area contributed by atoms with Gasteiger partial charge in [0.05, 0.1) is 0 Å². The van der Waals surface area contributed by atoms with E-state index >= 15 is 0 Å². The Hall–Kier alpha value is -2.24. The summed E-state index contributed by atoms with van der Waals surface area (Å²) < 4.78 is 31.5. The van der Waals surface area contributed by atoms with Gasteiger partial charge in [-0.2, -0.15) is 0 Å². The molecule has 1 aromatic carbocycles. The van der Waals surface area contributed by atoms with Crippen molar-refractivity contribution in [2.45, 2.75) is 13.8 Å². The zero-order chi connectivity index (χ0) is 13.3. The number of hydrogen-bond acceptors (Lipinski definition) is 3. The molecule has 0 aliphatic carbocycles. The van der Waals surface area contributed by atoms with Crippen molar-refractivity contribution in [3.8, 4) is 0 Å². The highest BCUT2D eigenvalue weighted by atomic mass is 19.1. The highest BCUT2D eigenvalue weighted by Crippen LogP contribution is 2.20. The Bertz CT molecular complexity index is 588. The normalized spacial score (nSPS) is 10.4. The number of nitrogens with zero attached hydrogens (tertiary/aromatic N) is 1. The van der Waals surface area contributed by atoms with Crippen molar-refractivity contribution in [1.82, 2.24) is 5.16 Å². The number of halogens is 2. The number of amides is 1. The molecule has 4 nitrogen and oxygen atoms in total. The van der Waals surface area contributed by atoms with E-state index in [0.29, 0.717) is 11.3 Å². The molecule has 0 spiro atoms. The number of carbonyl (C=O) groups excluding carboxylic acids is 1. The number of benzene rings is 1. The Morgan fingerprint density at radius 3 is 2.39 bits per heavy atom. The van der Waals surface area contributed by atoms with Gasteiger partial charge < -0.3 is 9.84 Å². The zero-order valence-corrected chi connectivity index (χ0v) is 9.75. The summed E-state index contributed by atoms with van der Waals surface area (Å²) in [6, 6.07) is 3.32. The fourth-order valence-electron chi connectivity index (χ4n) is 1.42. The molecule has 1 N–H and O–H groups in total. The van der Waals surface area contributed by atoms with Crippen LogP contribution in [-0.2, 0) is 0 Å². The van der Waals surface area contributed by atoms with Gasteiger partial charge in [0.15, 0.2) is 5.69 Å². The van der Waals surface area contributed by atoms with Crippen molar-refractivity contribution >= 4 is 11.6 Å². The van der Waals surface area contributed by atoms with E-state index < -0.39 is 23.2 Å². The van der Waals surface area contributed by atoms with Gasteiger partial charge in [-0.3, -0.25) is 4.79 Å². The number of anilines is 1. The van der Waals surface area contributed by atoms with Crippen LogP contribution < -0.4 is 5.32 Å². The minimum atomic E-state index is -0.846. The lowest BCUT2D eigenvalue weighted by molar-refractivity contribution is 0.101. The maximum absolute atomic E-state index is 13.3. The Morgan fingerprint density at radius 1 is 1.28 bits per heavy atom. The topological polar surface area (TPSA) is 55.1 Å². The summed E-state index contributed by atoms with van der Waals surface area (Å²) in [5.41, 5.74) is 0.0435. The van der Waals surface area contributed by atoms with Crippen LogP contribution >= 0.6 is 0 Å². The summed E-state index contributed by atoms with van der Waals surface area (Å²) in [6.45, 7) is 3.28. The quantitative estimate of drug-likeness (QED) is 0.894. The van der Waals surface area contributed by atoms with Crippen molar-refractivity contribution in [3.63, 3.8) is 0 Å². The molecule has 2 aromatic rings. The van der Waals surface area contributed by atoms with Crippen molar-refractivity contribution in [2.24, 2.45) is 0 Å². The summed E-state index contributed by atoms with van der Waals surface area (Å²) >= 11 is 0. The molecule has 0 bridgehead atoms. The Morgan fingerprint density at radius 2 is 1.89 bits per heavy atom. The average Bonchev–Trinajstić information content (AvgIpc) is 2.65. The van der Waals surface area contributed by atoms with Crippen LogP contribution in [0.1, 0.15) is 21.8 Å². The molecule has 0 aliphatic rings. The third-order valence-corrected chi connectivity index (χ3v) is 2.57. The molecule has 1 heterocycles. The van der Waals surface area contributed by atoms with Gasteiger partial charge in [0.25, 0.3) is 5.91 Å². The van der Waals surface area contributed by atoms with E-state index in [1.165, 1.54) is 6.07 Å². The second-order valence-electron chi connectivity index (χ2n) is 3.76. The maximum Gasteiger partial charge on any atom is 0.278 e. The molecule has 6 heteroatoms. The number of para-hydroxylation sites is 1. The second-order valence-corrected chi connectivity index (χ2v) is 3.76. The highest BCUT2D eigenvalue weighted by molar-refractivity contribution is 6.03. The predicted molar refractivity (Wildman–Crippen MR) is 60.3 cm³/mol. The van der Waals surface area contributed by atoms with Crippen LogP contribution in [0.25, 0.3) is 0 Å². The number of carbonyl (C=O) groups is 1. The molecule has 1 amide bonds. The Kier molecular flexibility index (Phi) is 3.10. The van der Waals surface area contributed by atoms with Gasteiger partial charge in [-0.05, 0) is 26.0 Å². The van der Waals surface area contributed by atoms with Gasteiger partial charge in [0, 0.05) is 5.56 Å². The van der Waals surface area contributed by atoms with Crippen molar-refractivity contribution in [2.75, 3.05) is 5.32 Å². The van der Waals surface area contributed by atoms with E-state index in [4.69, 9.17) is 4.52 Å². The summed E-state index contributed by atoms with van der Waals surface area (Å²) in [6.07, 6.45) is 0. The minimum absolute atomic E-state index is 0.00940. The summed E-state index contributed by atoms with van der Waals surface area (Å²) in [5.74, 6) is -1.93. The van der Waals surface area contributed by atoms with Crippen LogP contribution in [0.5, 0.6) is 0 Å². The zero-order valence-electron chi connectivity index (χ0n) is 9.75. The van der Waals surface area contributed by atoms with E-state index in [9.17, 15) is 13.6 Å². The number of aromatic nitrogens is 1. The minimum Gasteiger partial charge on any atom is -0.361 e. The SMILES string of the molecule is Cc1onc(C(=O)Nc2c(F)cccc2F)c1C. The van der Waals surface area contributed by atoms with Gasteiger partial charge in [0.1, 0.15) is 23.1 Å². The van der Waals surface area contributed by atoms with Crippen molar-refractivity contribution < 1.29 is 18.1 Å². The molecule has 0 saturated carbocycles. The van der Waals surface area contributed by atoms with Crippen LogP contribution in [-0.4, -0.2) is 11.1 Å². The van der Waals surface area contributed by atoms with Crippen LogP contribution in [0.15, 0.2) is 22.7 Å². The van der Waals surface area contributed by atoms with Gasteiger partial charge in [-0.15, -0.1) is 0 Å². The summed E-state index contributed by atoms with van der Waals surface area (Å²) in [4.78, 5) is 11.8. The first-order valence-electron chi connectivity index (χ1n) is 5.19. The molecule has 18 heavy (non-hydrogen) atoms. The van der Waals surface area contributed by atoms with Gasteiger partial charge in [-0.25, -0.2) is 8.78 Å². The van der Waals surface area contributed by atoms with Crippen molar-refractivity contribution in [1.29, 1.82) is 0 Å². The molecule has 0 atom stereocenters. The molecule has 0 aliphatic heterocycles. The summed E-state index contributed by atoms with van der Waals surface area (Å²) in [7, 11) is 0. The molecule has 94 valence electrons. The van der Waals surface area contributed by atoms with Crippen LogP contribution in [0.3, 0.4) is 0 Å². The van der Waals surface area contributed by atoms with E-state index in [2.05, 4.69) is 10.5 Å².